The van der Waals surface area contributed by atoms with Crippen molar-refractivity contribution in [3.05, 3.63) is 109 Å². The van der Waals surface area contributed by atoms with Crippen molar-refractivity contribution in [3.8, 4) is 11.3 Å². The van der Waals surface area contributed by atoms with Gasteiger partial charge in [0.2, 0.25) is 0 Å². The van der Waals surface area contributed by atoms with Gasteiger partial charge in [-0.25, -0.2) is 0 Å². The first-order chi connectivity index (χ1) is 23.8. The number of aliphatic hydroxyl groups excluding tert-OH is 1. The number of nitrogens with zero attached hydrogens (tertiary/aromatic N) is 1. The van der Waals surface area contributed by atoms with E-state index >= 15 is 0 Å². The van der Waals surface area contributed by atoms with Crippen LogP contribution in [0.15, 0.2) is 96.9 Å². The van der Waals surface area contributed by atoms with Gasteiger partial charge in [0, 0.05) is 48.9 Å². The van der Waals surface area contributed by atoms with Crippen LogP contribution in [-0.4, -0.2) is 23.9 Å². The van der Waals surface area contributed by atoms with Crippen LogP contribution >= 0.6 is 0 Å². The van der Waals surface area contributed by atoms with Crippen LogP contribution in [0.4, 0.5) is 13.2 Å². The first kappa shape index (κ1) is 40.9. The number of benzene rings is 5. The number of carbonyl (C=O) groups is 1. The summed E-state index contributed by atoms with van der Waals surface area (Å²) in [6, 6.07) is 27.8. The van der Waals surface area contributed by atoms with Gasteiger partial charge in [0.05, 0.1) is 8.07 Å². The molecule has 6 rings (SSSR count). The van der Waals surface area contributed by atoms with Crippen molar-refractivity contribution in [2.24, 2.45) is 10.8 Å². The first-order valence-electron chi connectivity index (χ1n) is 17.5. The molecule has 0 aliphatic carbocycles. The molecule has 0 bridgehead atoms. The fourth-order valence-corrected chi connectivity index (χ4v) is 7.13. The summed E-state index contributed by atoms with van der Waals surface area (Å²) in [5.41, 5.74) is -0.515. The molecule has 8 heteroatoms. The van der Waals surface area contributed by atoms with Crippen molar-refractivity contribution in [2.45, 2.75) is 80.2 Å². The fourth-order valence-electron chi connectivity index (χ4n) is 5.96. The number of carbonyl (C=O) groups excluding carboxylic acids is 1. The second kappa shape index (κ2) is 15.3. The molecule has 0 aliphatic heterocycles. The maximum Gasteiger partial charge on any atom is 0.403 e. The minimum absolute atomic E-state index is 0. The number of aromatic nitrogens is 1. The number of halogens is 3. The van der Waals surface area contributed by atoms with Crippen molar-refractivity contribution in [2.75, 3.05) is 0 Å². The minimum atomic E-state index is -4.48. The number of hydrogen-bond acceptors (Lipinski definition) is 3. The van der Waals surface area contributed by atoms with Crippen LogP contribution in [-0.2, 0) is 31.1 Å². The molecule has 0 aliphatic rings. The van der Waals surface area contributed by atoms with E-state index in [-0.39, 0.29) is 47.9 Å². The summed E-state index contributed by atoms with van der Waals surface area (Å²) in [6.07, 6.45) is 0.185. The van der Waals surface area contributed by atoms with Crippen LogP contribution in [0.2, 0.25) is 19.6 Å². The van der Waals surface area contributed by atoms with Crippen LogP contribution in [0.5, 0.6) is 0 Å². The van der Waals surface area contributed by atoms with E-state index in [1.54, 1.807) is 24.4 Å². The third-order valence-corrected chi connectivity index (χ3v) is 12.4. The molecular formula is C44H47F3IrNO2Si-. The van der Waals surface area contributed by atoms with Gasteiger partial charge in [0.15, 0.2) is 5.78 Å². The summed E-state index contributed by atoms with van der Waals surface area (Å²) in [5.74, 6) is 0.195. The van der Waals surface area contributed by atoms with E-state index in [1.807, 2.05) is 53.7 Å². The third-order valence-electron chi connectivity index (χ3n) is 10.4. The van der Waals surface area contributed by atoms with E-state index in [4.69, 9.17) is 0 Å². The van der Waals surface area contributed by atoms with E-state index in [0.717, 1.165) is 34.4 Å². The molecular weight excluding hydrogens is 852 g/mol. The van der Waals surface area contributed by atoms with Gasteiger partial charge in [-0.1, -0.05) is 138 Å². The second-order valence-corrected chi connectivity index (χ2v) is 20.8. The number of fused-ring (bicyclic) bond motifs is 6. The zero-order valence-corrected chi connectivity index (χ0v) is 34.7. The SMILES string of the molecule is CCC(C)(C)C(=O)/C=C(\O)C(C)(C)CC.C[Si](C)(C)c1ccc2c(ccc3c4ccnc(-c5[c-]c6ccccc6c(C(F)(F)F)c5)c4ccc23)c1.[Ir]. The summed E-state index contributed by atoms with van der Waals surface area (Å²) in [7, 11) is -1.44. The van der Waals surface area contributed by atoms with Crippen molar-refractivity contribution >= 4 is 62.1 Å². The second-order valence-electron chi connectivity index (χ2n) is 15.7. The summed E-state index contributed by atoms with van der Waals surface area (Å²) in [5, 5.41) is 18.1. The monoisotopic (exact) mass is 899 g/mol. The van der Waals surface area contributed by atoms with Gasteiger partial charge in [0.25, 0.3) is 0 Å². The number of allylic oxidation sites excluding steroid dienone is 2. The molecule has 6 aromatic rings. The predicted octanol–water partition coefficient (Wildman–Crippen LogP) is 12.6. The Labute approximate surface area is 319 Å². The molecule has 0 spiro atoms. The average Bonchev–Trinajstić information content (AvgIpc) is 3.09. The van der Waals surface area contributed by atoms with E-state index in [2.05, 4.69) is 67.1 Å². The Morgan fingerprint density at radius 2 is 1.35 bits per heavy atom. The zero-order chi connectivity index (χ0) is 37.5. The molecule has 1 aromatic heterocycles. The Morgan fingerprint density at radius 1 is 0.769 bits per heavy atom. The van der Waals surface area contributed by atoms with Crippen LogP contribution in [0.25, 0.3) is 54.3 Å². The van der Waals surface area contributed by atoms with Gasteiger partial charge in [-0.2, -0.15) is 13.2 Å². The van der Waals surface area contributed by atoms with Crippen LogP contribution in [0, 0.1) is 16.9 Å². The fraction of sp³-hybridized carbons (Fsp3) is 0.318. The third kappa shape index (κ3) is 8.35. The van der Waals surface area contributed by atoms with Gasteiger partial charge in [-0.3, -0.25) is 9.78 Å². The maximum atomic E-state index is 14.0. The van der Waals surface area contributed by atoms with Gasteiger partial charge in [-0.05, 0) is 56.8 Å². The van der Waals surface area contributed by atoms with Gasteiger partial charge >= 0.3 is 6.18 Å². The van der Waals surface area contributed by atoms with Gasteiger partial charge in [0.1, 0.15) is 5.76 Å². The number of aliphatic hydroxyl groups is 1. The van der Waals surface area contributed by atoms with E-state index in [9.17, 15) is 23.1 Å². The van der Waals surface area contributed by atoms with Crippen molar-refractivity contribution < 1.29 is 43.2 Å². The Bertz CT molecular complexity index is 2300. The molecule has 1 radical (unpaired) electrons. The quantitative estimate of drug-likeness (QED) is 0.0571. The summed E-state index contributed by atoms with van der Waals surface area (Å²) < 4.78 is 41.9. The van der Waals surface area contributed by atoms with E-state index in [0.29, 0.717) is 16.6 Å². The molecule has 5 aromatic carbocycles. The van der Waals surface area contributed by atoms with Crippen molar-refractivity contribution in [1.82, 2.24) is 4.98 Å². The first-order valence-corrected chi connectivity index (χ1v) is 21.0. The predicted molar refractivity (Wildman–Crippen MR) is 210 cm³/mol. The molecule has 0 fully saturated rings. The largest absolute Gasteiger partial charge is 0.512 e. The number of alkyl halides is 3. The number of hydrogen-bond donors (Lipinski definition) is 1. The maximum absolute atomic E-state index is 14.0. The standard InChI is InChI=1S/C31H23F3NSi.C13H24O2.Ir/c1-36(2,3)22-9-11-23-20(17-22)8-10-26-25(23)12-13-28-27(26)14-15-35-30(28)21-16-19-6-4-5-7-24(19)29(18-21)31(32,33)34;1-7-12(3,4)10(14)9-11(15)13(5,6)8-2;/h4-15,17-18H,1-3H3;9,14H,7-8H2,1-6H3;/q-1;;/b;10-9-;. The molecule has 0 saturated carbocycles. The molecule has 52 heavy (non-hydrogen) atoms. The molecule has 3 nitrogen and oxygen atoms in total. The molecule has 1 N–H and O–H groups in total. The molecule has 275 valence electrons. The van der Waals surface area contributed by atoms with Crippen LogP contribution < -0.4 is 5.19 Å². The zero-order valence-electron chi connectivity index (χ0n) is 31.3. The molecule has 0 unspecified atom stereocenters. The number of pyridine rings is 1. The molecule has 0 saturated heterocycles. The molecule has 0 atom stereocenters. The summed E-state index contributed by atoms with van der Waals surface area (Å²) in [6.45, 7) is 18.7. The average molecular weight is 899 g/mol. The van der Waals surface area contributed by atoms with Gasteiger partial charge < -0.3 is 5.11 Å². The molecule has 0 amide bonds. The number of rotatable bonds is 7. The Balaban J connectivity index is 0.000000323. The van der Waals surface area contributed by atoms with Gasteiger partial charge in [-0.15, -0.1) is 23.6 Å². The minimum Gasteiger partial charge on any atom is -0.512 e. The molecule has 1 heterocycles. The topological polar surface area (TPSA) is 50.2 Å². The Hall–Kier alpha value is -3.84. The Kier molecular flexibility index (Phi) is 12.0. The summed E-state index contributed by atoms with van der Waals surface area (Å²) >= 11 is 0. The van der Waals surface area contributed by atoms with Crippen LogP contribution in [0.3, 0.4) is 0 Å². The number of ketones is 1. The van der Waals surface area contributed by atoms with Crippen molar-refractivity contribution in [3.63, 3.8) is 0 Å². The Morgan fingerprint density at radius 3 is 1.98 bits per heavy atom. The van der Waals surface area contributed by atoms with E-state index in [1.165, 1.54) is 34.2 Å². The van der Waals surface area contributed by atoms with E-state index < -0.39 is 19.8 Å². The summed E-state index contributed by atoms with van der Waals surface area (Å²) in [4.78, 5) is 16.4. The van der Waals surface area contributed by atoms with Crippen LogP contribution in [0.1, 0.15) is 59.9 Å². The normalized spacial score (nSPS) is 12.9. The van der Waals surface area contributed by atoms with Crippen molar-refractivity contribution in [1.29, 1.82) is 0 Å². The smallest absolute Gasteiger partial charge is 0.403 e.